The van der Waals surface area contributed by atoms with E-state index in [1.807, 2.05) is 54.6 Å². The largest absolute Gasteiger partial charge is 0.497 e. The van der Waals surface area contributed by atoms with Crippen molar-refractivity contribution in [3.8, 4) is 5.75 Å². The van der Waals surface area contributed by atoms with E-state index in [4.69, 9.17) is 9.47 Å². The van der Waals surface area contributed by atoms with E-state index in [2.05, 4.69) is 0 Å². The first kappa shape index (κ1) is 24.7. The van der Waals surface area contributed by atoms with Gasteiger partial charge in [0.1, 0.15) is 17.8 Å². The van der Waals surface area contributed by atoms with Crippen LogP contribution in [0, 0.1) is 5.92 Å². The number of hydrogen-bond acceptors (Lipinski definition) is 6. The van der Waals surface area contributed by atoms with Crippen LogP contribution >= 0.6 is 0 Å². The number of rotatable bonds is 7. The molecule has 2 aliphatic rings. The van der Waals surface area contributed by atoms with Crippen molar-refractivity contribution in [1.29, 1.82) is 0 Å². The molecular weight excluding hydrogens is 448 g/mol. The molecular formula is C27H32N2O6. The van der Waals surface area contributed by atoms with Crippen molar-refractivity contribution >= 4 is 17.8 Å². The second kappa shape index (κ2) is 10.5. The average Bonchev–Trinajstić information content (AvgIpc) is 3.06. The smallest absolute Gasteiger partial charge is 0.314 e. The Hall–Kier alpha value is -3.39. The van der Waals surface area contributed by atoms with Crippen molar-refractivity contribution in [2.24, 2.45) is 5.92 Å². The molecule has 2 saturated heterocycles. The molecule has 8 heteroatoms. The van der Waals surface area contributed by atoms with Crippen LogP contribution in [-0.2, 0) is 32.1 Å². The summed E-state index contributed by atoms with van der Waals surface area (Å²) in [5.41, 5.74) is 0.891. The highest BCUT2D eigenvalue weighted by molar-refractivity contribution is 5.93. The first-order valence-electron chi connectivity index (χ1n) is 12.0. The lowest BCUT2D eigenvalue weighted by Gasteiger charge is -2.47. The van der Waals surface area contributed by atoms with Gasteiger partial charge in [0.25, 0.3) is 5.91 Å². The van der Waals surface area contributed by atoms with Gasteiger partial charge in [-0.3, -0.25) is 14.4 Å². The van der Waals surface area contributed by atoms with Gasteiger partial charge in [-0.25, -0.2) is 0 Å². The quantitative estimate of drug-likeness (QED) is 0.611. The predicted molar refractivity (Wildman–Crippen MR) is 128 cm³/mol. The highest BCUT2D eigenvalue weighted by Crippen LogP contribution is 2.45. The van der Waals surface area contributed by atoms with E-state index >= 15 is 0 Å². The van der Waals surface area contributed by atoms with Crippen molar-refractivity contribution < 1.29 is 29.0 Å². The third kappa shape index (κ3) is 4.89. The van der Waals surface area contributed by atoms with Crippen LogP contribution in [0.25, 0.3) is 0 Å². The van der Waals surface area contributed by atoms with Gasteiger partial charge in [0.05, 0.1) is 25.7 Å². The van der Waals surface area contributed by atoms with E-state index in [-0.39, 0.29) is 25.5 Å². The summed E-state index contributed by atoms with van der Waals surface area (Å²) in [4.78, 5) is 42.5. The molecule has 2 atom stereocenters. The van der Waals surface area contributed by atoms with Gasteiger partial charge in [-0.2, -0.15) is 0 Å². The molecule has 8 nitrogen and oxygen atoms in total. The number of piperidine rings is 1. The lowest BCUT2D eigenvalue weighted by Crippen LogP contribution is -2.58. The summed E-state index contributed by atoms with van der Waals surface area (Å²) in [5, 5.41) is 10.9. The van der Waals surface area contributed by atoms with Gasteiger partial charge in [0.15, 0.2) is 0 Å². The van der Waals surface area contributed by atoms with Crippen molar-refractivity contribution in [2.45, 2.75) is 44.4 Å². The van der Waals surface area contributed by atoms with Crippen LogP contribution in [0.2, 0.25) is 0 Å². The van der Waals surface area contributed by atoms with Crippen LogP contribution in [0.1, 0.15) is 30.9 Å². The molecule has 0 aliphatic carbocycles. The number of carbonyl (C=O) groups excluding carboxylic acids is 3. The van der Waals surface area contributed by atoms with Crippen LogP contribution in [0.5, 0.6) is 5.75 Å². The van der Waals surface area contributed by atoms with Crippen LogP contribution in [0.15, 0.2) is 54.6 Å². The molecule has 0 bridgehead atoms. The zero-order valence-electron chi connectivity index (χ0n) is 20.2. The molecule has 2 aliphatic heterocycles. The summed E-state index contributed by atoms with van der Waals surface area (Å²) < 4.78 is 10.4. The Morgan fingerprint density at radius 2 is 1.69 bits per heavy atom. The number of nitrogens with zero attached hydrogens (tertiary/aromatic N) is 2. The molecule has 0 aromatic heterocycles. The molecule has 2 aromatic carbocycles. The Morgan fingerprint density at radius 1 is 1.03 bits per heavy atom. The third-order valence-corrected chi connectivity index (χ3v) is 7.17. The summed E-state index contributed by atoms with van der Waals surface area (Å²) in [6.45, 7) is 2.92. The molecule has 2 heterocycles. The van der Waals surface area contributed by atoms with E-state index < -0.39 is 29.4 Å². The molecule has 0 radical (unpaired) electrons. The Bertz CT molecular complexity index is 1050. The Balaban J connectivity index is 1.54. The topological polar surface area (TPSA) is 96.4 Å². The van der Waals surface area contributed by atoms with Crippen LogP contribution in [0.4, 0.5) is 0 Å². The molecule has 0 saturated carbocycles. The summed E-state index contributed by atoms with van der Waals surface area (Å²) in [7, 11) is 1.60. The lowest BCUT2D eigenvalue weighted by atomic mass is 9.75. The Kier molecular flexibility index (Phi) is 7.40. The third-order valence-electron chi connectivity index (χ3n) is 7.17. The van der Waals surface area contributed by atoms with E-state index in [1.54, 1.807) is 23.8 Å². The number of carbonyl (C=O) groups is 3. The summed E-state index contributed by atoms with van der Waals surface area (Å²) in [6.07, 6.45) is -0.423. The number of methoxy groups -OCH3 is 1. The van der Waals surface area contributed by atoms with Crippen molar-refractivity contribution in [2.75, 3.05) is 26.8 Å². The monoisotopic (exact) mass is 480 g/mol. The number of likely N-dealkylation sites (tertiary alicyclic amines) is 2. The van der Waals surface area contributed by atoms with Gasteiger partial charge in [-0.05, 0) is 43.0 Å². The maximum atomic E-state index is 13.2. The van der Waals surface area contributed by atoms with E-state index in [0.29, 0.717) is 25.9 Å². The maximum Gasteiger partial charge on any atom is 0.314 e. The highest BCUT2D eigenvalue weighted by atomic mass is 16.5. The van der Waals surface area contributed by atoms with Gasteiger partial charge in [0.2, 0.25) is 5.91 Å². The average molecular weight is 481 g/mol. The predicted octanol–water partition coefficient (Wildman–Crippen LogP) is 2.18. The molecule has 2 aromatic rings. The minimum absolute atomic E-state index is 0.0165. The number of esters is 1. The second-order valence-electron chi connectivity index (χ2n) is 9.09. The number of aliphatic hydroxyl groups excluding tert-OH is 1. The van der Waals surface area contributed by atoms with Crippen LogP contribution in [-0.4, -0.2) is 71.1 Å². The molecule has 1 N–H and O–H groups in total. The number of amides is 2. The van der Waals surface area contributed by atoms with Crippen molar-refractivity contribution in [1.82, 2.24) is 9.80 Å². The van der Waals surface area contributed by atoms with E-state index in [1.165, 1.54) is 0 Å². The van der Waals surface area contributed by atoms with E-state index in [9.17, 15) is 19.5 Å². The number of ether oxygens (including phenoxy) is 2. The molecule has 2 amide bonds. The standard InChI is InChI=1S/C27H32N2O6/c1-3-35-26(33)23-24(31)25(32)29(18-20-7-5-4-6-8-20)27(23)13-15-28(16-14-27)22(30)17-19-9-11-21(34-2)12-10-19/h4-12,23-24,31H,3,13-18H2,1-2H3/t23-,24-/m1/s1. The SMILES string of the molecule is CCOC(=O)[C@H]1[C@@H](O)C(=O)N(Cc2ccccc2)C12CCN(C(=O)Cc1ccc(OC)cc1)CC2. The zero-order valence-corrected chi connectivity index (χ0v) is 20.2. The fourth-order valence-corrected chi connectivity index (χ4v) is 5.32. The normalized spacial score (nSPS) is 21.3. The van der Waals surface area contributed by atoms with Crippen LogP contribution < -0.4 is 4.74 Å². The maximum absolute atomic E-state index is 13.2. The highest BCUT2D eigenvalue weighted by Gasteiger charge is 2.62. The molecule has 1 spiro atoms. The minimum atomic E-state index is -1.46. The van der Waals surface area contributed by atoms with Gasteiger partial charge >= 0.3 is 5.97 Å². The first-order chi connectivity index (χ1) is 16.9. The number of hydrogen-bond donors (Lipinski definition) is 1. The van der Waals surface area contributed by atoms with Gasteiger partial charge in [0, 0.05) is 19.6 Å². The zero-order chi connectivity index (χ0) is 25.0. The number of aliphatic hydroxyl groups is 1. The van der Waals surface area contributed by atoms with Crippen LogP contribution in [0.3, 0.4) is 0 Å². The lowest BCUT2D eigenvalue weighted by molar-refractivity contribution is -0.156. The molecule has 0 unspecified atom stereocenters. The molecule has 35 heavy (non-hydrogen) atoms. The number of benzene rings is 2. The first-order valence-corrected chi connectivity index (χ1v) is 12.0. The van der Waals surface area contributed by atoms with Gasteiger partial charge in [-0.15, -0.1) is 0 Å². The molecule has 2 fully saturated rings. The Labute approximate surface area is 205 Å². The van der Waals surface area contributed by atoms with E-state index in [0.717, 1.165) is 16.9 Å². The fourth-order valence-electron chi connectivity index (χ4n) is 5.32. The summed E-state index contributed by atoms with van der Waals surface area (Å²) >= 11 is 0. The Morgan fingerprint density at radius 3 is 2.29 bits per heavy atom. The minimum Gasteiger partial charge on any atom is -0.497 e. The van der Waals surface area contributed by atoms with Gasteiger partial charge in [-0.1, -0.05) is 42.5 Å². The molecule has 4 rings (SSSR count). The fraction of sp³-hybridized carbons (Fsp3) is 0.444. The summed E-state index contributed by atoms with van der Waals surface area (Å²) in [5.74, 6) is -1.31. The van der Waals surface area contributed by atoms with Crippen molar-refractivity contribution in [3.63, 3.8) is 0 Å². The molecule has 186 valence electrons. The van der Waals surface area contributed by atoms with Gasteiger partial charge < -0.3 is 24.4 Å². The van der Waals surface area contributed by atoms with Crippen molar-refractivity contribution in [3.05, 3.63) is 65.7 Å². The summed E-state index contributed by atoms with van der Waals surface area (Å²) in [6, 6.07) is 16.9. The second-order valence-corrected chi connectivity index (χ2v) is 9.09.